The van der Waals surface area contributed by atoms with Crippen LogP contribution in [0.1, 0.15) is 11.1 Å². The van der Waals surface area contributed by atoms with Gasteiger partial charge in [0.2, 0.25) is 5.95 Å². The monoisotopic (exact) mass is 301 g/mol. The molecule has 23 heavy (non-hydrogen) atoms. The Morgan fingerprint density at radius 1 is 0.826 bits per heavy atom. The Hall–Kier alpha value is -3.27. The van der Waals surface area contributed by atoms with Crippen LogP contribution in [0.2, 0.25) is 0 Å². The molecular formula is C19H15N3O. The number of carbonyl (C=O) groups is 1. The third-order valence-electron chi connectivity index (χ3n) is 3.23. The lowest BCUT2D eigenvalue weighted by atomic mass is 10.0. The average Bonchev–Trinajstić information content (AvgIpc) is 2.62. The molecule has 0 spiro atoms. The van der Waals surface area contributed by atoms with Crippen LogP contribution in [0.4, 0.5) is 5.95 Å². The smallest absolute Gasteiger partial charge is 0.258 e. The fourth-order valence-electron chi connectivity index (χ4n) is 2.15. The van der Waals surface area contributed by atoms with Gasteiger partial charge in [0.1, 0.15) is 0 Å². The van der Waals surface area contributed by atoms with E-state index in [0.29, 0.717) is 5.57 Å². The molecule has 0 unspecified atom stereocenters. The largest absolute Gasteiger partial charge is 0.290 e. The topological polar surface area (TPSA) is 54.9 Å². The molecule has 0 saturated carbocycles. The van der Waals surface area contributed by atoms with E-state index >= 15 is 0 Å². The van der Waals surface area contributed by atoms with Crippen molar-refractivity contribution < 1.29 is 4.79 Å². The third-order valence-corrected chi connectivity index (χ3v) is 3.23. The van der Waals surface area contributed by atoms with Crippen LogP contribution in [-0.2, 0) is 4.79 Å². The summed E-state index contributed by atoms with van der Waals surface area (Å²) in [6.07, 6.45) is 5.03. The van der Waals surface area contributed by atoms with Crippen molar-refractivity contribution >= 4 is 23.5 Å². The first-order chi connectivity index (χ1) is 11.3. The zero-order valence-electron chi connectivity index (χ0n) is 12.4. The van der Waals surface area contributed by atoms with E-state index < -0.39 is 0 Å². The van der Waals surface area contributed by atoms with Crippen LogP contribution in [0.5, 0.6) is 0 Å². The Labute approximate surface area is 134 Å². The normalized spacial score (nSPS) is 11.0. The van der Waals surface area contributed by atoms with Crippen LogP contribution in [-0.4, -0.2) is 15.9 Å². The van der Waals surface area contributed by atoms with Gasteiger partial charge in [-0.05, 0) is 23.3 Å². The Kier molecular flexibility index (Phi) is 4.55. The lowest BCUT2D eigenvalue weighted by Gasteiger charge is -2.08. The number of hydrogen-bond acceptors (Lipinski definition) is 3. The molecule has 3 rings (SSSR count). The minimum Gasteiger partial charge on any atom is -0.290 e. The van der Waals surface area contributed by atoms with Gasteiger partial charge in [0.25, 0.3) is 5.91 Å². The van der Waals surface area contributed by atoms with E-state index in [0.717, 1.165) is 11.1 Å². The second-order valence-electron chi connectivity index (χ2n) is 4.86. The second-order valence-corrected chi connectivity index (χ2v) is 4.86. The van der Waals surface area contributed by atoms with Crippen molar-refractivity contribution in [1.82, 2.24) is 9.97 Å². The number of benzene rings is 2. The van der Waals surface area contributed by atoms with Gasteiger partial charge in [-0.15, -0.1) is 0 Å². The maximum absolute atomic E-state index is 12.7. The molecule has 112 valence electrons. The molecule has 1 N–H and O–H groups in total. The molecule has 0 aliphatic carbocycles. The van der Waals surface area contributed by atoms with E-state index in [1.54, 1.807) is 18.5 Å². The first-order valence-electron chi connectivity index (χ1n) is 7.23. The van der Waals surface area contributed by atoms with Crippen molar-refractivity contribution in [3.05, 3.63) is 90.3 Å². The van der Waals surface area contributed by atoms with E-state index in [4.69, 9.17) is 0 Å². The van der Waals surface area contributed by atoms with Crippen molar-refractivity contribution in [1.29, 1.82) is 0 Å². The number of amides is 1. The molecule has 4 nitrogen and oxygen atoms in total. The molecule has 0 bridgehead atoms. The highest BCUT2D eigenvalue weighted by Gasteiger charge is 2.13. The highest BCUT2D eigenvalue weighted by Crippen LogP contribution is 2.19. The fraction of sp³-hybridized carbons (Fsp3) is 0. The first kappa shape index (κ1) is 14.7. The van der Waals surface area contributed by atoms with Gasteiger partial charge in [-0.3, -0.25) is 10.1 Å². The number of nitrogens with zero attached hydrogens (tertiary/aromatic N) is 2. The van der Waals surface area contributed by atoms with Crippen LogP contribution < -0.4 is 5.32 Å². The molecule has 4 heteroatoms. The highest BCUT2D eigenvalue weighted by molar-refractivity contribution is 6.28. The second kappa shape index (κ2) is 7.13. The quantitative estimate of drug-likeness (QED) is 0.591. The van der Waals surface area contributed by atoms with Crippen molar-refractivity contribution in [3.63, 3.8) is 0 Å². The molecule has 0 atom stereocenters. The summed E-state index contributed by atoms with van der Waals surface area (Å²) in [5, 5.41) is 2.73. The Bertz CT molecular complexity index is 800. The Balaban J connectivity index is 1.95. The van der Waals surface area contributed by atoms with Crippen LogP contribution in [0.3, 0.4) is 0 Å². The summed E-state index contributed by atoms with van der Waals surface area (Å²) in [6, 6.07) is 21.0. The van der Waals surface area contributed by atoms with Gasteiger partial charge in [-0.25, -0.2) is 9.97 Å². The van der Waals surface area contributed by atoms with E-state index in [-0.39, 0.29) is 11.9 Å². The van der Waals surface area contributed by atoms with Crippen LogP contribution in [0.15, 0.2) is 79.1 Å². The van der Waals surface area contributed by atoms with Crippen LogP contribution >= 0.6 is 0 Å². The van der Waals surface area contributed by atoms with Gasteiger partial charge >= 0.3 is 0 Å². The van der Waals surface area contributed by atoms with E-state index in [9.17, 15) is 4.79 Å². The molecule has 0 aliphatic rings. The summed E-state index contributed by atoms with van der Waals surface area (Å²) >= 11 is 0. The number of hydrogen-bond donors (Lipinski definition) is 1. The maximum atomic E-state index is 12.7. The predicted molar refractivity (Wildman–Crippen MR) is 91.4 cm³/mol. The number of aromatic nitrogens is 2. The minimum absolute atomic E-state index is 0.244. The Morgan fingerprint density at radius 2 is 1.43 bits per heavy atom. The highest BCUT2D eigenvalue weighted by atomic mass is 16.1. The van der Waals surface area contributed by atoms with Crippen LogP contribution in [0.25, 0.3) is 11.6 Å². The van der Waals surface area contributed by atoms with Crippen molar-refractivity contribution in [2.24, 2.45) is 0 Å². The minimum atomic E-state index is -0.244. The van der Waals surface area contributed by atoms with Crippen molar-refractivity contribution in [3.8, 4) is 0 Å². The van der Waals surface area contributed by atoms with E-state index in [1.165, 1.54) is 0 Å². The zero-order chi connectivity index (χ0) is 15.9. The number of anilines is 1. The van der Waals surface area contributed by atoms with Crippen molar-refractivity contribution in [2.45, 2.75) is 0 Å². The average molecular weight is 301 g/mol. The number of rotatable bonds is 4. The van der Waals surface area contributed by atoms with Crippen molar-refractivity contribution in [2.75, 3.05) is 5.32 Å². The molecule has 0 saturated heterocycles. The Morgan fingerprint density at radius 3 is 2.09 bits per heavy atom. The molecule has 1 amide bonds. The van der Waals surface area contributed by atoms with E-state index in [2.05, 4.69) is 15.3 Å². The first-order valence-corrected chi connectivity index (χ1v) is 7.23. The summed E-state index contributed by atoms with van der Waals surface area (Å²) in [7, 11) is 0. The molecule has 1 heterocycles. The summed E-state index contributed by atoms with van der Waals surface area (Å²) < 4.78 is 0. The summed E-state index contributed by atoms with van der Waals surface area (Å²) in [5.74, 6) is 0.0404. The maximum Gasteiger partial charge on any atom is 0.258 e. The standard InChI is InChI=1S/C19H15N3O/c23-18(22-19-20-12-7-13-21-19)17(16-10-5-2-6-11-16)14-15-8-3-1-4-9-15/h1-14H,(H,20,21,22,23). The van der Waals surface area contributed by atoms with E-state index in [1.807, 2.05) is 66.7 Å². The summed E-state index contributed by atoms with van der Waals surface area (Å²) in [4.78, 5) is 20.7. The molecule has 0 fully saturated rings. The predicted octanol–water partition coefficient (Wildman–Crippen LogP) is 3.66. The number of carbonyl (C=O) groups excluding carboxylic acids is 1. The van der Waals surface area contributed by atoms with Gasteiger partial charge in [0.15, 0.2) is 0 Å². The summed E-state index contributed by atoms with van der Waals surface area (Å²) in [5.41, 5.74) is 2.35. The third kappa shape index (κ3) is 3.89. The molecule has 0 aliphatic heterocycles. The molecular weight excluding hydrogens is 286 g/mol. The van der Waals surface area contributed by atoms with Gasteiger partial charge in [0.05, 0.1) is 0 Å². The van der Waals surface area contributed by atoms with Gasteiger partial charge in [0, 0.05) is 18.0 Å². The lowest BCUT2D eigenvalue weighted by molar-refractivity contribution is -0.111. The fourth-order valence-corrected chi connectivity index (χ4v) is 2.15. The molecule has 3 aromatic rings. The molecule has 2 aromatic carbocycles. The molecule has 0 radical (unpaired) electrons. The van der Waals surface area contributed by atoms with Gasteiger partial charge in [-0.2, -0.15) is 0 Å². The summed E-state index contributed by atoms with van der Waals surface area (Å²) in [6.45, 7) is 0. The van der Waals surface area contributed by atoms with Gasteiger partial charge < -0.3 is 0 Å². The van der Waals surface area contributed by atoms with Gasteiger partial charge in [-0.1, -0.05) is 60.7 Å². The molecule has 1 aromatic heterocycles. The lowest BCUT2D eigenvalue weighted by Crippen LogP contribution is -2.15. The van der Waals surface area contributed by atoms with Crippen LogP contribution in [0, 0.1) is 0 Å². The SMILES string of the molecule is O=C(Nc1ncccn1)C(=Cc1ccccc1)c1ccccc1. The zero-order valence-corrected chi connectivity index (χ0v) is 12.4. The number of nitrogens with one attached hydrogen (secondary N) is 1.